The van der Waals surface area contributed by atoms with Gasteiger partial charge in [0.15, 0.2) is 0 Å². The molecule has 24 heavy (non-hydrogen) atoms. The SMILES string of the molecule is Fc1ccc(N2CCCC2)c(F)c1-[c-]1cccc1.[Ti+2].c1cc[cH-]c1. The summed E-state index contributed by atoms with van der Waals surface area (Å²) in [5.41, 5.74) is 1.21. The van der Waals surface area contributed by atoms with Crippen molar-refractivity contribution in [2.24, 2.45) is 0 Å². The molecule has 1 aliphatic rings. The zero-order valence-electron chi connectivity index (χ0n) is 13.4. The van der Waals surface area contributed by atoms with Crippen molar-refractivity contribution >= 4 is 5.69 Å². The second-order valence-corrected chi connectivity index (χ2v) is 5.59. The Kier molecular flexibility index (Phi) is 6.95. The van der Waals surface area contributed by atoms with Gasteiger partial charge in [0.1, 0.15) is 0 Å². The van der Waals surface area contributed by atoms with Crippen molar-refractivity contribution in [2.75, 3.05) is 18.0 Å². The topological polar surface area (TPSA) is 3.24 Å². The number of halogens is 2. The Bertz CT molecular complexity index is 697. The molecule has 0 aromatic heterocycles. The van der Waals surface area contributed by atoms with Crippen LogP contribution in [0.1, 0.15) is 12.8 Å². The molecular weight excluding hydrogens is 340 g/mol. The maximum Gasteiger partial charge on any atom is 2.00 e. The number of hydrogen-bond donors (Lipinski definition) is 0. The minimum absolute atomic E-state index is 0. The Hall–Kier alpha value is -1.71. The van der Waals surface area contributed by atoms with Crippen molar-refractivity contribution in [1.82, 2.24) is 0 Å². The third kappa shape index (κ3) is 4.22. The van der Waals surface area contributed by atoms with Gasteiger partial charge in [-0.3, -0.25) is 8.78 Å². The van der Waals surface area contributed by atoms with E-state index in [-0.39, 0.29) is 27.3 Å². The van der Waals surface area contributed by atoms with Crippen molar-refractivity contribution in [3.63, 3.8) is 0 Å². The standard InChI is InChI=1S/C15H14F2N.C5H5.Ti/c16-12-7-8-13(18-9-3-4-10-18)15(17)14(12)11-5-1-2-6-11;1-2-4-5-3-1;/h1-2,5-8H,3-4,9-10H2;1-5H;/q2*-1;+2. The average molecular weight is 359 g/mol. The van der Waals surface area contributed by atoms with Crippen LogP contribution < -0.4 is 4.90 Å². The summed E-state index contributed by atoms with van der Waals surface area (Å²) in [6, 6.07) is 19.9. The van der Waals surface area contributed by atoms with Crippen LogP contribution in [-0.2, 0) is 21.7 Å². The summed E-state index contributed by atoms with van der Waals surface area (Å²) in [7, 11) is 0. The molecule has 0 radical (unpaired) electrons. The first-order valence-electron chi connectivity index (χ1n) is 7.89. The molecule has 3 aromatic carbocycles. The maximum atomic E-state index is 14.5. The molecule has 4 heteroatoms. The fourth-order valence-electron chi connectivity index (χ4n) is 2.87. The zero-order chi connectivity index (χ0) is 16.1. The van der Waals surface area contributed by atoms with Gasteiger partial charge in [-0.05, 0) is 24.5 Å². The molecule has 1 nitrogen and oxygen atoms in total. The van der Waals surface area contributed by atoms with Crippen LogP contribution in [0.5, 0.6) is 0 Å². The largest absolute Gasteiger partial charge is 2.00 e. The van der Waals surface area contributed by atoms with Crippen LogP contribution in [0.3, 0.4) is 0 Å². The van der Waals surface area contributed by atoms with Crippen molar-refractivity contribution in [3.8, 4) is 11.1 Å². The van der Waals surface area contributed by atoms with Gasteiger partial charge in [0, 0.05) is 18.8 Å². The van der Waals surface area contributed by atoms with E-state index in [1.54, 1.807) is 30.3 Å². The van der Waals surface area contributed by atoms with E-state index in [0.717, 1.165) is 25.9 Å². The number of hydrogen-bond acceptors (Lipinski definition) is 1. The number of nitrogens with zero attached hydrogens (tertiary/aromatic N) is 1. The molecular formula is C20H19F2NTi. The summed E-state index contributed by atoms with van der Waals surface area (Å²) in [6.07, 6.45) is 2.14. The Morgan fingerprint density at radius 1 is 0.917 bits per heavy atom. The van der Waals surface area contributed by atoms with E-state index < -0.39 is 11.6 Å². The van der Waals surface area contributed by atoms with Gasteiger partial charge >= 0.3 is 21.7 Å². The number of anilines is 1. The van der Waals surface area contributed by atoms with Crippen molar-refractivity contribution in [3.05, 3.63) is 78.4 Å². The van der Waals surface area contributed by atoms with Gasteiger partial charge in [0.05, 0.1) is 11.6 Å². The summed E-state index contributed by atoms with van der Waals surface area (Å²) in [5, 5.41) is 0. The van der Waals surface area contributed by atoms with E-state index in [0.29, 0.717) is 11.3 Å². The van der Waals surface area contributed by atoms with E-state index in [4.69, 9.17) is 0 Å². The molecule has 3 aromatic rings. The van der Waals surface area contributed by atoms with Gasteiger partial charge < -0.3 is 4.90 Å². The summed E-state index contributed by atoms with van der Waals surface area (Å²) in [4.78, 5) is 1.99. The van der Waals surface area contributed by atoms with E-state index in [2.05, 4.69) is 0 Å². The molecule has 0 unspecified atom stereocenters. The quantitative estimate of drug-likeness (QED) is 0.440. The monoisotopic (exact) mass is 359 g/mol. The van der Waals surface area contributed by atoms with Gasteiger partial charge in [-0.15, -0.1) is 12.1 Å². The predicted octanol–water partition coefficient (Wildman–Crippen LogP) is 5.35. The van der Waals surface area contributed by atoms with Crippen LogP contribution in [0.25, 0.3) is 11.1 Å². The van der Waals surface area contributed by atoms with E-state index in [9.17, 15) is 8.78 Å². The van der Waals surface area contributed by atoms with E-state index in [1.807, 2.05) is 35.2 Å². The molecule has 122 valence electrons. The molecule has 0 saturated carbocycles. The van der Waals surface area contributed by atoms with Crippen LogP contribution in [0.2, 0.25) is 0 Å². The third-order valence-corrected chi connectivity index (χ3v) is 4.02. The number of rotatable bonds is 2. The molecule has 1 fully saturated rings. The molecule has 1 heterocycles. The van der Waals surface area contributed by atoms with E-state index in [1.165, 1.54) is 6.07 Å². The van der Waals surface area contributed by atoms with Crippen LogP contribution in [0.15, 0.2) is 66.7 Å². The molecule has 4 rings (SSSR count). The van der Waals surface area contributed by atoms with Gasteiger partial charge in [0.25, 0.3) is 0 Å². The van der Waals surface area contributed by atoms with Crippen molar-refractivity contribution in [2.45, 2.75) is 12.8 Å². The molecule has 0 aliphatic carbocycles. The predicted molar refractivity (Wildman–Crippen MR) is 90.9 cm³/mol. The fraction of sp³-hybridized carbons (Fsp3) is 0.200. The van der Waals surface area contributed by atoms with Crippen LogP contribution in [-0.4, -0.2) is 13.1 Å². The van der Waals surface area contributed by atoms with Crippen LogP contribution in [0, 0.1) is 11.6 Å². The van der Waals surface area contributed by atoms with Crippen LogP contribution in [0.4, 0.5) is 14.5 Å². The molecule has 0 bridgehead atoms. The van der Waals surface area contributed by atoms with E-state index >= 15 is 0 Å². The van der Waals surface area contributed by atoms with Gasteiger partial charge in [-0.1, -0.05) is 11.6 Å². The first-order chi connectivity index (χ1) is 11.3. The fourth-order valence-corrected chi connectivity index (χ4v) is 2.87. The first-order valence-corrected chi connectivity index (χ1v) is 7.89. The minimum Gasteiger partial charge on any atom is -0.375 e. The Balaban J connectivity index is 0.000000300. The Labute approximate surface area is 156 Å². The summed E-state index contributed by atoms with van der Waals surface area (Å²) in [6.45, 7) is 1.70. The first kappa shape index (κ1) is 18.6. The number of benzene rings is 1. The Morgan fingerprint density at radius 3 is 2.08 bits per heavy atom. The molecule has 1 aliphatic heterocycles. The maximum absolute atomic E-state index is 14.5. The molecule has 0 N–H and O–H groups in total. The molecule has 1 saturated heterocycles. The minimum atomic E-state index is -0.498. The van der Waals surface area contributed by atoms with Crippen molar-refractivity contribution < 1.29 is 30.5 Å². The molecule has 0 atom stereocenters. The van der Waals surface area contributed by atoms with Crippen molar-refractivity contribution in [1.29, 1.82) is 0 Å². The summed E-state index contributed by atoms with van der Waals surface area (Å²) < 4.78 is 28.3. The molecule has 0 amide bonds. The van der Waals surface area contributed by atoms with Gasteiger partial charge in [0.2, 0.25) is 0 Å². The Morgan fingerprint density at radius 2 is 1.54 bits per heavy atom. The zero-order valence-corrected chi connectivity index (χ0v) is 14.9. The summed E-state index contributed by atoms with van der Waals surface area (Å²) in [5.74, 6) is -0.940. The summed E-state index contributed by atoms with van der Waals surface area (Å²) >= 11 is 0. The van der Waals surface area contributed by atoms with Crippen LogP contribution >= 0.6 is 0 Å². The smallest absolute Gasteiger partial charge is 0.375 e. The average Bonchev–Trinajstić information content (AvgIpc) is 3.32. The second kappa shape index (κ2) is 8.96. The second-order valence-electron chi connectivity index (χ2n) is 5.59. The molecule has 0 spiro atoms. The van der Waals surface area contributed by atoms with Gasteiger partial charge in [-0.2, -0.15) is 30.3 Å². The van der Waals surface area contributed by atoms with Gasteiger partial charge in [-0.25, -0.2) is 12.1 Å². The third-order valence-electron chi connectivity index (χ3n) is 4.02. The normalized spacial score (nSPS) is 13.2.